The van der Waals surface area contributed by atoms with Crippen molar-refractivity contribution in [2.75, 3.05) is 31.1 Å². The van der Waals surface area contributed by atoms with E-state index < -0.39 is 11.6 Å². The van der Waals surface area contributed by atoms with Gasteiger partial charge in [0.15, 0.2) is 11.6 Å². The molecule has 1 atom stereocenters. The van der Waals surface area contributed by atoms with Gasteiger partial charge < -0.3 is 10.2 Å². The summed E-state index contributed by atoms with van der Waals surface area (Å²) in [6.45, 7) is 3.97. The Bertz CT molecular complexity index is 447. The second-order valence-corrected chi connectivity index (χ2v) is 5.30. The first kappa shape index (κ1) is 14.5. The lowest BCUT2D eigenvalue weighted by molar-refractivity contribution is 0.378. The number of anilines is 1. The zero-order chi connectivity index (χ0) is 12.5. The molecule has 1 aromatic rings. The molecule has 19 heavy (non-hydrogen) atoms. The first-order valence-corrected chi connectivity index (χ1v) is 6.67. The molecule has 2 aliphatic rings. The molecule has 5 heteroatoms. The second kappa shape index (κ2) is 6.06. The van der Waals surface area contributed by atoms with Crippen LogP contribution in [-0.2, 0) is 6.42 Å². The van der Waals surface area contributed by atoms with E-state index in [1.54, 1.807) is 0 Å². The maximum Gasteiger partial charge on any atom is 0.160 e. The standard InChI is InChI=1S/C14H18F2N2.ClH/c15-12-6-11-3-5-18(14(11)7-13(12)16)9-10-2-1-4-17-8-10;/h6-7,10,17H,1-5,8-9H2;1H. The van der Waals surface area contributed by atoms with Gasteiger partial charge in [0.25, 0.3) is 0 Å². The van der Waals surface area contributed by atoms with E-state index in [4.69, 9.17) is 0 Å². The van der Waals surface area contributed by atoms with Gasteiger partial charge in [-0.25, -0.2) is 8.78 Å². The molecule has 3 rings (SSSR count). The van der Waals surface area contributed by atoms with Gasteiger partial charge in [0, 0.05) is 24.8 Å². The molecule has 1 aromatic carbocycles. The molecule has 1 N–H and O–H groups in total. The van der Waals surface area contributed by atoms with Crippen LogP contribution in [-0.4, -0.2) is 26.2 Å². The van der Waals surface area contributed by atoms with Crippen LogP contribution in [0.5, 0.6) is 0 Å². The predicted octanol–water partition coefficient (Wildman–Crippen LogP) is 2.75. The van der Waals surface area contributed by atoms with Gasteiger partial charge in [-0.15, -0.1) is 12.4 Å². The number of hydrogen-bond acceptors (Lipinski definition) is 2. The number of nitrogens with zero attached hydrogens (tertiary/aromatic N) is 1. The fourth-order valence-corrected chi connectivity index (χ4v) is 3.03. The normalized spacial score (nSPS) is 22.0. The third-order valence-electron chi connectivity index (χ3n) is 3.99. The average Bonchev–Trinajstić information content (AvgIpc) is 2.74. The van der Waals surface area contributed by atoms with Crippen LogP contribution in [0.4, 0.5) is 14.5 Å². The highest BCUT2D eigenvalue weighted by Crippen LogP contribution is 2.31. The Morgan fingerprint density at radius 1 is 1.26 bits per heavy atom. The monoisotopic (exact) mass is 288 g/mol. The molecular formula is C14H19ClF2N2. The summed E-state index contributed by atoms with van der Waals surface area (Å²) in [5.74, 6) is -0.838. The van der Waals surface area contributed by atoms with Crippen molar-refractivity contribution in [2.24, 2.45) is 5.92 Å². The molecule has 0 aromatic heterocycles. The van der Waals surface area contributed by atoms with Crippen molar-refractivity contribution in [1.82, 2.24) is 5.32 Å². The minimum absolute atomic E-state index is 0. The van der Waals surface area contributed by atoms with Gasteiger partial charge in [-0.2, -0.15) is 0 Å². The van der Waals surface area contributed by atoms with Crippen molar-refractivity contribution in [2.45, 2.75) is 19.3 Å². The Morgan fingerprint density at radius 3 is 2.79 bits per heavy atom. The summed E-state index contributed by atoms with van der Waals surface area (Å²) in [5, 5.41) is 3.39. The van der Waals surface area contributed by atoms with Crippen LogP contribution >= 0.6 is 12.4 Å². The summed E-state index contributed by atoms with van der Waals surface area (Å²) in [6.07, 6.45) is 3.26. The number of halogens is 3. The van der Waals surface area contributed by atoms with Gasteiger partial charge in [-0.05, 0) is 49.9 Å². The maximum absolute atomic E-state index is 13.3. The number of rotatable bonds is 2. The number of hydrogen-bond donors (Lipinski definition) is 1. The molecule has 0 aliphatic carbocycles. The minimum atomic E-state index is -0.734. The van der Waals surface area contributed by atoms with Crippen molar-refractivity contribution in [3.05, 3.63) is 29.3 Å². The highest BCUT2D eigenvalue weighted by Gasteiger charge is 2.24. The van der Waals surface area contributed by atoms with Crippen molar-refractivity contribution in [3.63, 3.8) is 0 Å². The molecular weight excluding hydrogens is 270 g/mol. The fraction of sp³-hybridized carbons (Fsp3) is 0.571. The van der Waals surface area contributed by atoms with Crippen molar-refractivity contribution >= 4 is 18.1 Å². The first-order chi connectivity index (χ1) is 8.74. The summed E-state index contributed by atoms with van der Waals surface area (Å²) in [4.78, 5) is 2.20. The zero-order valence-corrected chi connectivity index (χ0v) is 11.6. The Morgan fingerprint density at radius 2 is 2.05 bits per heavy atom. The molecule has 1 fully saturated rings. The molecule has 2 heterocycles. The maximum atomic E-state index is 13.3. The van der Waals surface area contributed by atoms with E-state index in [1.165, 1.54) is 25.0 Å². The first-order valence-electron chi connectivity index (χ1n) is 6.67. The lowest BCUT2D eigenvalue weighted by Gasteiger charge is -2.29. The topological polar surface area (TPSA) is 15.3 Å². The van der Waals surface area contributed by atoms with Crippen molar-refractivity contribution < 1.29 is 8.78 Å². The largest absolute Gasteiger partial charge is 0.371 e. The molecule has 0 spiro atoms. The third kappa shape index (κ3) is 3.00. The summed E-state index contributed by atoms with van der Waals surface area (Å²) in [5.41, 5.74) is 1.83. The fourth-order valence-electron chi connectivity index (χ4n) is 3.03. The Kier molecular flexibility index (Phi) is 4.63. The third-order valence-corrected chi connectivity index (χ3v) is 3.99. The molecule has 1 saturated heterocycles. The van der Waals surface area contributed by atoms with Gasteiger partial charge in [-0.1, -0.05) is 0 Å². The summed E-state index contributed by atoms with van der Waals surface area (Å²) >= 11 is 0. The van der Waals surface area contributed by atoms with Crippen LogP contribution < -0.4 is 10.2 Å². The smallest absolute Gasteiger partial charge is 0.160 e. The van der Waals surface area contributed by atoms with Gasteiger partial charge in [0.2, 0.25) is 0 Å². The highest BCUT2D eigenvalue weighted by molar-refractivity contribution is 5.85. The molecule has 2 aliphatic heterocycles. The Hall–Kier alpha value is -0.870. The minimum Gasteiger partial charge on any atom is -0.371 e. The quantitative estimate of drug-likeness (QED) is 0.900. The van der Waals surface area contributed by atoms with E-state index in [-0.39, 0.29) is 12.4 Å². The van der Waals surface area contributed by atoms with Gasteiger partial charge >= 0.3 is 0 Å². The van der Waals surface area contributed by atoms with Gasteiger partial charge in [0.05, 0.1) is 0 Å². The van der Waals surface area contributed by atoms with E-state index in [2.05, 4.69) is 10.2 Å². The molecule has 2 nitrogen and oxygen atoms in total. The lowest BCUT2D eigenvalue weighted by atomic mass is 9.99. The summed E-state index contributed by atoms with van der Waals surface area (Å²) in [6, 6.07) is 2.71. The average molecular weight is 289 g/mol. The SMILES string of the molecule is Cl.Fc1cc2c(cc1F)N(CC1CCCNC1)CC2. The molecule has 1 unspecified atom stereocenters. The molecule has 0 radical (unpaired) electrons. The predicted molar refractivity (Wildman–Crippen MR) is 75.1 cm³/mol. The Labute approximate surface area is 118 Å². The molecule has 0 amide bonds. The van der Waals surface area contributed by atoms with Gasteiger partial charge in [-0.3, -0.25) is 0 Å². The van der Waals surface area contributed by atoms with E-state index >= 15 is 0 Å². The van der Waals surface area contributed by atoms with Crippen molar-refractivity contribution in [3.8, 4) is 0 Å². The molecule has 0 bridgehead atoms. The molecule has 106 valence electrons. The van der Waals surface area contributed by atoms with Crippen LogP contribution in [0.2, 0.25) is 0 Å². The summed E-state index contributed by atoms with van der Waals surface area (Å²) < 4.78 is 26.5. The van der Waals surface area contributed by atoms with Crippen LogP contribution in [0.1, 0.15) is 18.4 Å². The second-order valence-electron chi connectivity index (χ2n) is 5.30. The van der Waals surface area contributed by atoms with Crippen LogP contribution in [0, 0.1) is 17.6 Å². The Balaban J connectivity index is 0.00000133. The number of fused-ring (bicyclic) bond motifs is 1. The number of benzene rings is 1. The van der Waals surface area contributed by atoms with Crippen LogP contribution in [0.15, 0.2) is 12.1 Å². The lowest BCUT2D eigenvalue weighted by Crippen LogP contribution is -2.37. The zero-order valence-electron chi connectivity index (χ0n) is 10.8. The number of piperidine rings is 1. The van der Waals surface area contributed by atoms with E-state index in [0.717, 1.165) is 43.9 Å². The van der Waals surface area contributed by atoms with Gasteiger partial charge in [0.1, 0.15) is 0 Å². The molecule has 0 saturated carbocycles. The van der Waals surface area contributed by atoms with Crippen LogP contribution in [0.3, 0.4) is 0 Å². The van der Waals surface area contributed by atoms with E-state index in [1.807, 2.05) is 0 Å². The number of nitrogens with one attached hydrogen (secondary N) is 1. The highest BCUT2D eigenvalue weighted by atomic mass is 35.5. The summed E-state index contributed by atoms with van der Waals surface area (Å²) in [7, 11) is 0. The van der Waals surface area contributed by atoms with E-state index in [9.17, 15) is 8.78 Å². The van der Waals surface area contributed by atoms with Crippen LogP contribution in [0.25, 0.3) is 0 Å². The van der Waals surface area contributed by atoms with E-state index in [0.29, 0.717) is 5.92 Å². The van der Waals surface area contributed by atoms with Crippen molar-refractivity contribution in [1.29, 1.82) is 0 Å².